The molecule has 0 aliphatic carbocycles. The van der Waals surface area contributed by atoms with E-state index in [0.717, 1.165) is 32.7 Å². The van der Waals surface area contributed by atoms with Crippen molar-refractivity contribution < 1.29 is 14.3 Å². The van der Waals surface area contributed by atoms with Crippen LogP contribution in [0.4, 0.5) is 4.79 Å². The fourth-order valence-electron chi connectivity index (χ4n) is 4.46. The van der Waals surface area contributed by atoms with Crippen LogP contribution < -0.4 is 10.1 Å². The maximum absolute atomic E-state index is 13.3. The maximum Gasteiger partial charge on any atom is 0.346 e. The van der Waals surface area contributed by atoms with Crippen LogP contribution >= 0.6 is 0 Å². The molecule has 1 atom stereocenters. The van der Waals surface area contributed by atoms with Gasteiger partial charge in [0.25, 0.3) is 5.91 Å². The number of para-hydroxylation sites is 1. The number of rotatable bonds is 5. The lowest BCUT2D eigenvalue weighted by molar-refractivity contribution is -0.131. The topological polar surface area (TPSA) is 75.9 Å². The molecule has 170 valence electrons. The molecule has 1 N–H and O–H groups in total. The lowest BCUT2D eigenvalue weighted by Gasteiger charge is -2.21. The largest absolute Gasteiger partial charge is 0.497 e. The molecule has 4 aromatic rings. The molecule has 3 amide bonds. The summed E-state index contributed by atoms with van der Waals surface area (Å²) in [5.74, 6) is 0.226. The number of imide groups is 1. The molecule has 3 aromatic carbocycles. The minimum absolute atomic E-state index is 0.444. The molecule has 34 heavy (non-hydrogen) atoms. The molecule has 5 rings (SSSR count). The first-order valence-electron chi connectivity index (χ1n) is 10.9. The lowest BCUT2D eigenvalue weighted by Crippen LogP contribution is -2.40. The van der Waals surface area contributed by atoms with E-state index in [-0.39, 0.29) is 0 Å². The lowest BCUT2D eigenvalue weighted by atomic mass is 9.92. The number of nitrogens with one attached hydrogen (secondary N) is 1. The number of amides is 3. The first-order valence-corrected chi connectivity index (χ1v) is 10.9. The van der Waals surface area contributed by atoms with Crippen LogP contribution in [0.1, 0.15) is 18.1 Å². The molecular formula is C27H24N4O3. The van der Waals surface area contributed by atoms with E-state index in [2.05, 4.69) is 15.0 Å². The predicted molar refractivity (Wildman–Crippen MR) is 132 cm³/mol. The standard InChI is InChI=1S/C27H24N4O3/c1-27(19-13-15-20(34-3)16-14-19)25(32)31(26(33)29-27)28-17-22-21-11-7-8-12-23(21)30(2)24(22)18-9-5-4-6-10-18/h4-17H,1-3H3,(H,29,33)/b28-17-/t27-/m0/s1. The molecule has 0 bridgehead atoms. The van der Waals surface area contributed by atoms with Crippen molar-refractivity contribution in [1.29, 1.82) is 0 Å². The van der Waals surface area contributed by atoms with Crippen LogP contribution in [0.15, 0.2) is 84.0 Å². The van der Waals surface area contributed by atoms with Gasteiger partial charge in [-0.25, -0.2) is 4.79 Å². The van der Waals surface area contributed by atoms with Gasteiger partial charge in [0.05, 0.1) is 19.0 Å². The molecule has 7 heteroatoms. The second kappa shape index (κ2) is 8.19. The van der Waals surface area contributed by atoms with Crippen LogP contribution in [-0.2, 0) is 17.4 Å². The monoisotopic (exact) mass is 452 g/mol. The number of carbonyl (C=O) groups excluding carboxylic acids is 2. The van der Waals surface area contributed by atoms with Gasteiger partial charge in [-0.2, -0.15) is 5.10 Å². The van der Waals surface area contributed by atoms with E-state index < -0.39 is 17.5 Å². The van der Waals surface area contributed by atoms with Crippen LogP contribution in [0.25, 0.3) is 22.2 Å². The number of hydrogen-bond acceptors (Lipinski definition) is 4. The average Bonchev–Trinajstić information content (AvgIpc) is 3.28. The number of aromatic nitrogens is 1. The van der Waals surface area contributed by atoms with Gasteiger partial charge in [-0.05, 0) is 36.2 Å². The van der Waals surface area contributed by atoms with Gasteiger partial charge in [-0.1, -0.05) is 60.7 Å². The minimum atomic E-state index is -1.22. The Labute approximate surface area is 197 Å². The zero-order valence-corrected chi connectivity index (χ0v) is 19.1. The Morgan fingerprint density at radius 1 is 0.941 bits per heavy atom. The Kier molecular flexibility index (Phi) is 5.17. The number of benzene rings is 3. The molecule has 1 fully saturated rings. The summed E-state index contributed by atoms with van der Waals surface area (Å²) in [7, 11) is 3.57. The summed E-state index contributed by atoms with van der Waals surface area (Å²) in [6, 6.07) is 24.4. The summed E-state index contributed by atoms with van der Waals surface area (Å²) < 4.78 is 7.29. The smallest absolute Gasteiger partial charge is 0.346 e. The number of hydrogen-bond donors (Lipinski definition) is 1. The van der Waals surface area contributed by atoms with Crippen molar-refractivity contribution in [2.75, 3.05) is 7.11 Å². The van der Waals surface area contributed by atoms with Crippen molar-refractivity contribution in [3.8, 4) is 17.0 Å². The van der Waals surface area contributed by atoms with Crippen LogP contribution in [0.2, 0.25) is 0 Å². The summed E-state index contributed by atoms with van der Waals surface area (Å²) >= 11 is 0. The quantitative estimate of drug-likeness (QED) is 0.354. The summed E-state index contributed by atoms with van der Waals surface area (Å²) in [6.07, 6.45) is 1.60. The Morgan fingerprint density at radius 3 is 2.32 bits per heavy atom. The van der Waals surface area contributed by atoms with Gasteiger partial charge in [-0.15, -0.1) is 5.01 Å². The van der Waals surface area contributed by atoms with E-state index in [1.165, 1.54) is 0 Å². The predicted octanol–water partition coefficient (Wildman–Crippen LogP) is 4.66. The first-order chi connectivity index (χ1) is 16.4. The van der Waals surface area contributed by atoms with E-state index in [1.54, 1.807) is 44.5 Å². The number of carbonyl (C=O) groups is 2. The molecular weight excluding hydrogens is 428 g/mol. The normalized spacial score (nSPS) is 18.1. The highest BCUT2D eigenvalue weighted by atomic mass is 16.5. The zero-order valence-electron chi connectivity index (χ0n) is 19.1. The Balaban J connectivity index is 1.55. The van der Waals surface area contributed by atoms with Gasteiger partial charge in [0, 0.05) is 23.5 Å². The third-order valence-corrected chi connectivity index (χ3v) is 6.33. The number of methoxy groups -OCH3 is 1. The number of fused-ring (bicyclic) bond motifs is 1. The summed E-state index contributed by atoms with van der Waals surface area (Å²) in [5, 5.41) is 9.04. The molecule has 7 nitrogen and oxygen atoms in total. The fraction of sp³-hybridized carbons (Fsp3) is 0.148. The van der Waals surface area contributed by atoms with Crippen molar-refractivity contribution in [2.45, 2.75) is 12.5 Å². The van der Waals surface area contributed by atoms with Crippen molar-refractivity contribution in [1.82, 2.24) is 14.9 Å². The van der Waals surface area contributed by atoms with Crippen molar-refractivity contribution in [2.24, 2.45) is 12.1 Å². The Morgan fingerprint density at radius 2 is 1.62 bits per heavy atom. The molecule has 0 radical (unpaired) electrons. The number of urea groups is 1. The molecule has 0 saturated carbocycles. The number of nitrogens with zero attached hydrogens (tertiary/aromatic N) is 3. The second-order valence-electron chi connectivity index (χ2n) is 8.35. The number of aryl methyl sites for hydroxylation is 1. The van der Waals surface area contributed by atoms with E-state index in [9.17, 15) is 9.59 Å². The molecule has 1 aliphatic heterocycles. The van der Waals surface area contributed by atoms with Gasteiger partial charge >= 0.3 is 6.03 Å². The maximum atomic E-state index is 13.3. The van der Waals surface area contributed by atoms with Crippen LogP contribution in [-0.4, -0.2) is 34.8 Å². The summed E-state index contributed by atoms with van der Waals surface area (Å²) in [4.78, 5) is 26.1. The van der Waals surface area contributed by atoms with E-state index in [0.29, 0.717) is 11.3 Å². The first kappa shape index (κ1) is 21.5. The number of ether oxygens (including phenoxy) is 1. The molecule has 1 saturated heterocycles. The molecule has 0 unspecified atom stereocenters. The summed E-state index contributed by atoms with van der Waals surface area (Å²) in [6.45, 7) is 1.68. The average molecular weight is 453 g/mol. The Bertz CT molecular complexity index is 1420. The van der Waals surface area contributed by atoms with Crippen LogP contribution in [0.5, 0.6) is 5.75 Å². The molecule has 2 heterocycles. The highest BCUT2D eigenvalue weighted by molar-refractivity contribution is 6.10. The van der Waals surface area contributed by atoms with E-state index in [1.807, 2.05) is 61.6 Å². The summed E-state index contributed by atoms with van der Waals surface area (Å²) in [5.41, 5.74) is 3.27. The van der Waals surface area contributed by atoms with Gasteiger partial charge in [0.15, 0.2) is 0 Å². The Hall–Kier alpha value is -4.39. The molecule has 1 aliphatic rings. The second-order valence-corrected chi connectivity index (χ2v) is 8.35. The highest BCUT2D eigenvalue weighted by Crippen LogP contribution is 2.33. The molecule has 0 spiro atoms. The van der Waals surface area contributed by atoms with Crippen molar-refractivity contribution in [3.63, 3.8) is 0 Å². The fourth-order valence-corrected chi connectivity index (χ4v) is 4.46. The van der Waals surface area contributed by atoms with Crippen molar-refractivity contribution >= 4 is 29.1 Å². The van der Waals surface area contributed by atoms with Gasteiger partial charge in [0.2, 0.25) is 0 Å². The SMILES string of the molecule is COc1ccc([C@]2(C)NC(=O)N(/N=C\c3c(-c4ccccc4)n(C)c4ccccc34)C2=O)cc1. The third kappa shape index (κ3) is 3.33. The zero-order chi connectivity index (χ0) is 23.9. The van der Waals surface area contributed by atoms with Crippen molar-refractivity contribution in [3.05, 3.63) is 90.0 Å². The van der Waals surface area contributed by atoms with Gasteiger partial charge in [-0.3, -0.25) is 4.79 Å². The van der Waals surface area contributed by atoms with Gasteiger partial charge < -0.3 is 14.6 Å². The third-order valence-electron chi connectivity index (χ3n) is 6.33. The van der Waals surface area contributed by atoms with Gasteiger partial charge in [0.1, 0.15) is 11.3 Å². The van der Waals surface area contributed by atoms with E-state index in [4.69, 9.17) is 4.74 Å². The molecule has 1 aromatic heterocycles. The number of hydrazone groups is 1. The van der Waals surface area contributed by atoms with Crippen LogP contribution in [0.3, 0.4) is 0 Å². The van der Waals surface area contributed by atoms with E-state index >= 15 is 0 Å². The minimum Gasteiger partial charge on any atom is -0.497 e. The highest BCUT2D eigenvalue weighted by Gasteiger charge is 2.49. The van der Waals surface area contributed by atoms with Crippen LogP contribution in [0, 0.1) is 0 Å².